The van der Waals surface area contributed by atoms with Crippen LogP contribution in [0.2, 0.25) is 0 Å². The van der Waals surface area contributed by atoms with Crippen molar-refractivity contribution in [2.45, 2.75) is 70.9 Å². The van der Waals surface area contributed by atoms with Gasteiger partial charge < -0.3 is 10.6 Å². The quantitative estimate of drug-likeness (QED) is 0.781. The second-order valence-corrected chi connectivity index (χ2v) is 5.90. The Morgan fingerprint density at radius 3 is 2.06 bits per heavy atom. The van der Waals surface area contributed by atoms with E-state index < -0.39 is 0 Å². The molecular weight excluding hydrogens is 196 g/mol. The lowest BCUT2D eigenvalue weighted by Gasteiger charge is -2.39. The van der Waals surface area contributed by atoms with Crippen LogP contribution in [-0.2, 0) is 0 Å². The molecule has 1 aliphatic rings. The fourth-order valence-corrected chi connectivity index (χ4v) is 2.78. The summed E-state index contributed by atoms with van der Waals surface area (Å²) in [4.78, 5) is 2.51. The maximum Gasteiger partial charge on any atom is 0.0278 e. The summed E-state index contributed by atoms with van der Waals surface area (Å²) in [5, 5.41) is 0. The summed E-state index contributed by atoms with van der Waals surface area (Å²) in [6, 6.07) is 0.775. The van der Waals surface area contributed by atoms with Gasteiger partial charge >= 0.3 is 0 Å². The molecule has 0 aromatic heterocycles. The van der Waals surface area contributed by atoms with Gasteiger partial charge in [0.2, 0.25) is 0 Å². The predicted molar refractivity (Wildman–Crippen MR) is 71.6 cm³/mol. The molecule has 1 aliphatic carbocycles. The average Bonchev–Trinajstić information content (AvgIpc) is 2.29. The van der Waals surface area contributed by atoms with Crippen LogP contribution in [0.3, 0.4) is 0 Å². The Hall–Kier alpha value is -0.0800. The van der Waals surface area contributed by atoms with E-state index in [4.69, 9.17) is 5.73 Å². The van der Waals surface area contributed by atoms with E-state index in [1.807, 2.05) is 0 Å². The third-order valence-electron chi connectivity index (χ3n) is 4.58. The van der Waals surface area contributed by atoms with Crippen molar-refractivity contribution in [3.05, 3.63) is 0 Å². The van der Waals surface area contributed by atoms with Crippen molar-refractivity contribution in [3.8, 4) is 0 Å². The molecule has 0 saturated heterocycles. The van der Waals surface area contributed by atoms with Gasteiger partial charge in [0.05, 0.1) is 0 Å². The Bertz CT molecular complexity index is 191. The van der Waals surface area contributed by atoms with Crippen LogP contribution in [0.15, 0.2) is 0 Å². The Morgan fingerprint density at radius 1 is 1.12 bits per heavy atom. The molecule has 0 radical (unpaired) electrons. The fraction of sp³-hybridized carbons (Fsp3) is 1.00. The Kier molecular flexibility index (Phi) is 5.26. The van der Waals surface area contributed by atoms with Crippen LogP contribution in [0, 0.1) is 5.92 Å². The minimum atomic E-state index is 0.0256. The maximum absolute atomic E-state index is 6.39. The number of hydrogen-bond donors (Lipinski definition) is 1. The van der Waals surface area contributed by atoms with Gasteiger partial charge in [0.25, 0.3) is 0 Å². The second kappa shape index (κ2) is 6.02. The van der Waals surface area contributed by atoms with E-state index in [1.54, 1.807) is 0 Å². The minimum absolute atomic E-state index is 0.0256. The third-order valence-corrected chi connectivity index (χ3v) is 4.58. The molecule has 1 rings (SSSR count). The summed E-state index contributed by atoms with van der Waals surface area (Å²) in [5.74, 6) is 0.935. The van der Waals surface area contributed by atoms with Gasteiger partial charge in [-0.25, -0.2) is 0 Å². The summed E-state index contributed by atoms with van der Waals surface area (Å²) < 4.78 is 0. The predicted octanol–water partition coefficient (Wildman–Crippen LogP) is 3.01. The summed E-state index contributed by atoms with van der Waals surface area (Å²) in [7, 11) is 2.26. The van der Waals surface area contributed by atoms with E-state index in [1.165, 1.54) is 25.7 Å². The number of hydrogen-bond acceptors (Lipinski definition) is 2. The molecule has 1 saturated carbocycles. The smallest absolute Gasteiger partial charge is 0.0278 e. The lowest BCUT2D eigenvalue weighted by molar-refractivity contribution is 0.134. The van der Waals surface area contributed by atoms with E-state index >= 15 is 0 Å². The van der Waals surface area contributed by atoms with E-state index in [0.717, 1.165) is 31.3 Å². The van der Waals surface area contributed by atoms with Crippen molar-refractivity contribution < 1.29 is 0 Å². The van der Waals surface area contributed by atoms with Crippen molar-refractivity contribution in [2.24, 2.45) is 11.7 Å². The van der Waals surface area contributed by atoms with Gasteiger partial charge in [-0.1, -0.05) is 20.8 Å². The summed E-state index contributed by atoms with van der Waals surface area (Å²) in [5.41, 5.74) is 6.42. The van der Waals surface area contributed by atoms with Gasteiger partial charge in [0.15, 0.2) is 0 Å². The van der Waals surface area contributed by atoms with Crippen LogP contribution in [-0.4, -0.2) is 30.1 Å². The highest BCUT2D eigenvalue weighted by molar-refractivity contribution is 4.87. The molecule has 0 unspecified atom stereocenters. The molecule has 0 bridgehead atoms. The molecule has 16 heavy (non-hydrogen) atoms. The molecule has 0 aromatic rings. The topological polar surface area (TPSA) is 29.3 Å². The Balaban J connectivity index is 2.42. The van der Waals surface area contributed by atoms with E-state index in [2.05, 4.69) is 32.7 Å². The normalized spacial score (nSPS) is 27.4. The molecule has 0 spiro atoms. The average molecular weight is 226 g/mol. The second-order valence-electron chi connectivity index (χ2n) is 5.90. The zero-order valence-corrected chi connectivity index (χ0v) is 11.6. The van der Waals surface area contributed by atoms with Gasteiger partial charge in [-0.15, -0.1) is 0 Å². The molecule has 1 fully saturated rings. The first-order valence-electron chi connectivity index (χ1n) is 7.00. The van der Waals surface area contributed by atoms with Crippen molar-refractivity contribution in [1.29, 1.82) is 0 Å². The van der Waals surface area contributed by atoms with Crippen molar-refractivity contribution in [3.63, 3.8) is 0 Å². The Labute approximate surface area is 102 Å². The number of nitrogens with two attached hydrogens (primary N) is 1. The standard InChI is InChI=1S/C14H30N2/c1-5-14(15,6-2)11-16(4)13-9-7-12(3)8-10-13/h12-13H,5-11,15H2,1-4H3. The third kappa shape index (κ3) is 3.74. The molecule has 0 aromatic carbocycles. The largest absolute Gasteiger partial charge is 0.324 e. The SMILES string of the molecule is CCC(N)(CC)CN(C)C1CCC(C)CC1. The zero-order chi connectivity index (χ0) is 12.2. The molecule has 2 N–H and O–H groups in total. The van der Waals surface area contributed by atoms with Crippen molar-refractivity contribution >= 4 is 0 Å². The molecule has 2 nitrogen and oxygen atoms in total. The monoisotopic (exact) mass is 226 g/mol. The number of nitrogens with zero attached hydrogens (tertiary/aromatic N) is 1. The number of rotatable bonds is 5. The molecule has 0 heterocycles. The lowest BCUT2D eigenvalue weighted by atomic mass is 9.85. The van der Waals surface area contributed by atoms with E-state index in [-0.39, 0.29) is 5.54 Å². The highest BCUT2D eigenvalue weighted by atomic mass is 15.1. The van der Waals surface area contributed by atoms with Crippen LogP contribution in [0.5, 0.6) is 0 Å². The van der Waals surface area contributed by atoms with E-state index in [0.29, 0.717) is 0 Å². The van der Waals surface area contributed by atoms with Crippen molar-refractivity contribution in [2.75, 3.05) is 13.6 Å². The fourth-order valence-electron chi connectivity index (χ4n) is 2.78. The molecule has 0 atom stereocenters. The highest BCUT2D eigenvalue weighted by Gasteiger charge is 2.27. The minimum Gasteiger partial charge on any atom is -0.324 e. The first-order chi connectivity index (χ1) is 7.50. The van der Waals surface area contributed by atoms with Gasteiger partial charge in [-0.05, 0) is 51.5 Å². The Morgan fingerprint density at radius 2 is 1.62 bits per heavy atom. The molecule has 96 valence electrons. The first kappa shape index (κ1) is 14.0. The summed E-state index contributed by atoms with van der Waals surface area (Å²) in [6.45, 7) is 7.85. The molecule has 2 heteroatoms. The maximum atomic E-state index is 6.39. The first-order valence-corrected chi connectivity index (χ1v) is 7.00. The van der Waals surface area contributed by atoms with Crippen LogP contribution in [0.25, 0.3) is 0 Å². The highest BCUT2D eigenvalue weighted by Crippen LogP contribution is 2.27. The number of likely N-dealkylation sites (N-methyl/N-ethyl adjacent to an activating group) is 1. The zero-order valence-electron chi connectivity index (χ0n) is 11.6. The van der Waals surface area contributed by atoms with Crippen LogP contribution >= 0.6 is 0 Å². The molecule has 0 aliphatic heterocycles. The van der Waals surface area contributed by atoms with Gasteiger partial charge in [-0.3, -0.25) is 0 Å². The van der Waals surface area contributed by atoms with Gasteiger partial charge in [0.1, 0.15) is 0 Å². The molecule has 0 amide bonds. The summed E-state index contributed by atoms with van der Waals surface area (Å²) >= 11 is 0. The van der Waals surface area contributed by atoms with E-state index in [9.17, 15) is 0 Å². The van der Waals surface area contributed by atoms with Gasteiger partial charge in [0, 0.05) is 18.1 Å². The summed E-state index contributed by atoms with van der Waals surface area (Å²) in [6.07, 6.45) is 7.67. The van der Waals surface area contributed by atoms with Gasteiger partial charge in [-0.2, -0.15) is 0 Å². The lowest BCUT2D eigenvalue weighted by Crippen LogP contribution is -2.51. The van der Waals surface area contributed by atoms with Crippen LogP contribution in [0.4, 0.5) is 0 Å². The van der Waals surface area contributed by atoms with Crippen LogP contribution < -0.4 is 5.73 Å². The molecular formula is C14H30N2. The van der Waals surface area contributed by atoms with Crippen LogP contribution in [0.1, 0.15) is 59.3 Å². The van der Waals surface area contributed by atoms with Crippen molar-refractivity contribution in [1.82, 2.24) is 4.90 Å².